The Labute approximate surface area is 163 Å². The molecule has 0 unspecified atom stereocenters. The van der Waals surface area contributed by atoms with Gasteiger partial charge in [-0.25, -0.2) is 4.79 Å². The number of rotatable bonds is 8. The van der Waals surface area contributed by atoms with Crippen LogP contribution in [0.5, 0.6) is 5.75 Å². The van der Waals surface area contributed by atoms with Gasteiger partial charge in [0.2, 0.25) is 0 Å². The number of carbonyl (C=O) groups is 2. The van der Waals surface area contributed by atoms with E-state index in [4.69, 9.17) is 10.5 Å². The summed E-state index contributed by atoms with van der Waals surface area (Å²) in [5.41, 5.74) is 5.44. The first-order chi connectivity index (χ1) is 13.7. The number of nitro groups is 1. The molecule has 0 fully saturated rings. The van der Waals surface area contributed by atoms with E-state index in [1.807, 2.05) is 0 Å². The number of likely N-dealkylation sites (N-methyl/N-ethyl adjacent to an activating group) is 1. The number of hydrogen-bond donors (Lipinski definition) is 1. The van der Waals surface area contributed by atoms with Crippen LogP contribution in [0.4, 0.5) is 20.2 Å². The minimum atomic E-state index is -2.93. The van der Waals surface area contributed by atoms with E-state index in [1.165, 1.54) is 48.3 Å². The maximum absolute atomic E-state index is 12.1. The third-order valence-electron chi connectivity index (χ3n) is 3.78. The van der Waals surface area contributed by atoms with Crippen LogP contribution < -0.4 is 10.5 Å². The van der Waals surface area contributed by atoms with Crippen LogP contribution in [-0.2, 0) is 16.1 Å². The second-order valence-corrected chi connectivity index (χ2v) is 5.88. The number of hydrogen-bond acceptors (Lipinski definition) is 7. The third-order valence-corrected chi connectivity index (χ3v) is 3.78. The molecule has 0 bridgehead atoms. The van der Waals surface area contributed by atoms with Gasteiger partial charge in [-0.3, -0.25) is 14.9 Å². The van der Waals surface area contributed by atoms with Crippen LogP contribution >= 0.6 is 0 Å². The molecule has 2 N–H and O–H groups in total. The van der Waals surface area contributed by atoms with E-state index in [0.717, 1.165) is 6.07 Å². The van der Waals surface area contributed by atoms with E-state index in [2.05, 4.69) is 4.74 Å². The highest BCUT2D eigenvalue weighted by Gasteiger charge is 2.18. The quantitative estimate of drug-likeness (QED) is 0.307. The number of nitrogen functional groups attached to an aromatic ring is 1. The SMILES string of the molecule is CN(Cc1ccc(OC(F)F)cc1)C(=O)COC(=O)c1ccc(N)c([N+](=O)[O-])c1. The Morgan fingerprint density at radius 2 is 1.86 bits per heavy atom. The summed E-state index contributed by atoms with van der Waals surface area (Å²) in [5.74, 6) is -1.45. The lowest BCUT2D eigenvalue weighted by Crippen LogP contribution is -2.30. The van der Waals surface area contributed by atoms with Crippen LogP contribution in [0.15, 0.2) is 42.5 Å². The molecule has 0 spiro atoms. The van der Waals surface area contributed by atoms with Gasteiger partial charge in [0.05, 0.1) is 10.5 Å². The highest BCUT2D eigenvalue weighted by Crippen LogP contribution is 2.22. The maximum Gasteiger partial charge on any atom is 0.387 e. The van der Waals surface area contributed by atoms with Gasteiger partial charge in [0.1, 0.15) is 11.4 Å². The minimum absolute atomic E-state index is 0.00995. The molecule has 0 saturated heterocycles. The van der Waals surface area contributed by atoms with Gasteiger partial charge in [-0.15, -0.1) is 0 Å². The molecule has 0 radical (unpaired) electrons. The number of halogens is 2. The zero-order chi connectivity index (χ0) is 21.6. The molecule has 0 aromatic heterocycles. The van der Waals surface area contributed by atoms with Crippen molar-refractivity contribution in [3.8, 4) is 5.75 Å². The van der Waals surface area contributed by atoms with Crippen LogP contribution in [0.3, 0.4) is 0 Å². The molecule has 0 saturated carbocycles. The van der Waals surface area contributed by atoms with Gasteiger partial charge < -0.3 is 20.1 Å². The Bertz CT molecular complexity index is 905. The molecule has 2 aromatic carbocycles. The van der Waals surface area contributed by atoms with Gasteiger partial charge >= 0.3 is 12.6 Å². The van der Waals surface area contributed by atoms with Crippen molar-refractivity contribution in [2.45, 2.75) is 13.2 Å². The van der Waals surface area contributed by atoms with Crippen LogP contribution in [0.1, 0.15) is 15.9 Å². The van der Waals surface area contributed by atoms with Gasteiger partial charge in [-0.2, -0.15) is 8.78 Å². The Balaban J connectivity index is 1.90. The number of nitro benzene ring substituents is 1. The molecule has 29 heavy (non-hydrogen) atoms. The minimum Gasteiger partial charge on any atom is -0.452 e. The first-order valence-corrected chi connectivity index (χ1v) is 8.16. The van der Waals surface area contributed by atoms with Gasteiger partial charge in [-0.1, -0.05) is 12.1 Å². The lowest BCUT2D eigenvalue weighted by atomic mass is 10.2. The van der Waals surface area contributed by atoms with Crippen molar-refractivity contribution in [3.63, 3.8) is 0 Å². The molecule has 0 atom stereocenters. The maximum atomic E-state index is 12.1. The average molecular weight is 409 g/mol. The van der Waals surface area contributed by atoms with Crippen molar-refractivity contribution < 1.29 is 32.8 Å². The Kier molecular flexibility index (Phi) is 7.01. The van der Waals surface area contributed by atoms with Crippen molar-refractivity contribution in [2.24, 2.45) is 0 Å². The highest BCUT2D eigenvalue weighted by atomic mass is 19.3. The molecule has 0 heterocycles. The summed E-state index contributed by atoms with van der Waals surface area (Å²) in [6.45, 7) is -3.37. The average Bonchev–Trinajstić information content (AvgIpc) is 2.67. The van der Waals surface area contributed by atoms with Gasteiger partial charge in [0.15, 0.2) is 6.61 Å². The van der Waals surface area contributed by atoms with Crippen LogP contribution in [0.25, 0.3) is 0 Å². The van der Waals surface area contributed by atoms with E-state index >= 15 is 0 Å². The first-order valence-electron chi connectivity index (χ1n) is 8.16. The van der Waals surface area contributed by atoms with Gasteiger partial charge in [-0.05, 0) is 29.8 Å². The zero-order valence-electron chi connectivity index (χ0n) is 15.2. The van der Waals surface area contributed by atoms with Crippen LogP contribution in [-0.4, -0.2) is 42.0 Å². The molecule has 0 aliphatic rings. The van der Waals surface area contributed by atoms with Crippen LogP contribution in [0, 0.1) is 10.1 Å². The molecule has 2 rings (SSSR count). The standard InChI is InChI=1S/C18H17F2N3O6/c1-22(9-11-2-5-13(6-3-11)29-18(19)20)16(24)10-28-17(25)12-4-7-14(21)15(8-12)23(26)27/h2-8,18H,9-10,21H2,1H3. The number of carbonyl (C=O) groups excluding carboxylic acids is 2. The summed E-state index contributed by atoms with van der Waals surface area (Å²) in [6.07, 6.45) is 0. The Morgan fingerprint density at radius 3 is 2.45 bits per heavy atom. The van der Waals surface area contributed by atoms with E-state index in [9.17, 15) is 28.5 Å². The second kappa shape index (κ2) is 9.44. The summed E-state index contributed by atoms with van der Waals surface area (Å²) in [5, 5.41) is 10.9. The molecule has 11 heteroatoms. The molecular formula is C18H17F2N3O6. The molecule has 1 amide bonds. The summed E-state index contributed by atoms with van der Waals surface area (Å²) in [4.78, 5) is 35.5. The first kappa shape index (κ1) is 21.5. The van der Waals surface area contributed by atoms with Gasteiger partial charge in [0, 0.05) is 19.7 Å². The number of esters is 1. The molecule has 0 aliphatic carbocycles. The Hall–Kier alpha value is -3.76. The molecule has 154 valence electrons. The number of nitrogens with zero attached hydrogens (tertiary/aromatic N) is 2. The van der Waals surface area contributed by atoms with Crippen molar-refractivity contribution in [2.75, 3.05) is 19.4 Å². The van der Waals surface area contributed by atoms with Gasteiger partial charge in [0.25, 0.3) is 11.6 Å². The number of nitrogens with two attached hydrogens (primary N) is 1. The predicted molar refractivity (Wildman–Crippen MR) is 97.3 cm³/mol. The third kappa shape index (κ3) is 6.13. The van der Waals surface area contributed by atoms with Crippen molar-refractivity contribution in [1.82, 2.24) is 4.90 Å². The summed E-state index contributed by atoms with van der Waals surface area (Å²) < 4.78 is 33.4. The fourth-order valence-electron chi connectivity index (χ4n) is 2.29. The number of alkyl halides is 2. The second-order valence-electron chi connectivity index (χ2n) is 5.88. The molecule has 2 aromatic rings. The molecule has 0 aliphatic heterocycles. The number of benzene rings is 2. The lowest BCUT2D eigenvalue weighted by molar-refractivity contribution is -0.383. The van der Waals surface area contributed by atoms with E-state index in [-0.39, 0.29) is 23.5 Å². The van der Waals surface area contributed by atoms with Crippen molar-refractivity contribution >= 4 is 23.3 Å². The fourth-order valence-corrected chi connectivity index (χ4v) is 2.29. The van der Waals surface area contributed by atoms with Crippen molar-refractivity contribution in [1.29, 1.82) is 0 Å². The zero-order valence-corrected chi connectivity index (χ0v) is 15.2. The van der Waals surface area contributed by atoms with E-state index < -0.39 is 35.7 Å². The summed E-state index contributed by atoms with van der Waals surface area (Å²) >= 11 is 0. The number of anilines is 1. The van der Waals surface area contributed by atoms with Crippen molar-refractivity contribution in [3.05, 3.63) is 63.7 Å². The smallest absolute Gasteiger partial charge is 0.387 e. The van der Waals surface area contributed by atoms with E-state index in [0.29, 0.717) is 5.56 Å². The lowest BCUT2D eigenvalue weighted by Gasteiger charge is -2.17. The monoisotopic (exact) mass is 409 g/mol. The van der Waals surface area contributed by atoms with E-state index in [1.54, 1.807) is 0 Å². The predicted octanol–water partition coefficient (Wildman–Crippen LogP) is 2.59. The number of ether oxygens (including phenoxy) is 2. The topological polar surface area (TPSA) is 125 Å². The van der Waals surface area contributed by atoms with Crippen LogP contribution in [0.2, 0.25) is 0 Å². The molecule has 9 nitrogen and oxygen atoms in total. The molecular weight excluding hydrogens is 392 g/mol. The highest BCUT2D eigenvalue weighted by molar-refractivity contribution is 5.92. The summed E-state index contributed by atoms with van der Waals surface area (Å²) in [6, 6.07) is 9.13. The largest absolute Gasteiger partial charge is 0.452 e. The Morgan fingerprint density at radius 1 is 1.21 bits per heavy atom. The number of amides is 1. The normalized spacial score (nSPS) is 10.5. The summed E-state index contributed by atoms with van der Waals surface area (Å²) in [7, 11) is 1.47. The fraction of sp³-hybridized carbons (Fsp3) is 0.222.